The van der Waals surface area contributed by atoms with Crippen LogP contribution in [0.3, 0.4) is 0 Å². The van der Waals surface area contributed by atoms with E-state index in [1.54, 1.807) is 6.07 Å². The van der Waals surface area contributed by atoms with Crippen molar-refractivity contribution in [2.45, 2.75) is 25.9 Å². The molecule has 2 aromatic carbocycles. The lowest BCUT2D eigenvalue weighted by molar-refractivity contribution is -0.116. The number of aliphatic hydroxyl groups excluding tert-OH is 1. The van der Waals surface area contributed by atoms with Crippen LogP contribution in [0.15, 0.2) is 53.0 Å². The maximum absolute atomic E-state index is 12.1. The van der Waals surface area contributed by atoms with Crippen LogP contribution < -0.4 is 5.32 Å². The second-order valence-electron chi connectivity index (χ2n) is 5.06. The number of aliphatic hydroxyl groups is 1. The lowest BCUT2D eigenvalue weighted by Crippen LogP contribution is -2.14. The van der Waals surface area contributed by atoms with Crippen LogP contribution in [0.25, 0.3) is 0 Å². The monoisotopic (exact) mass is 347 g/mol. The molecule has 0 bridgehead atoms. The van der Waals surface area contributed by atoms with Crippen molar-refractivity contribution in [2.75, 3.05) is 5.32 Å². The summed E-state index contributed by atoms with van der Waals surface area (Å²) in [4.78, 5) is 12.1. The molecule has 0 spiro atoms. The van der Waals surface area contributed by atoms with Crippen molar-refractivity contribution in [3.8, 4) is 0 Å². The smallest absolute Gasteiger partial charge is 0.224 e. The highest BCUT2D eigenvalue weighted by atomic mass is 79.9. The van der Waals surface area contributed by atoms with Gasteiger partial charge in [-0.25, -0.2) is 0 Å². The van der Waals surface area contributed by atoms with Crippen LogP contribution >= 0.6 is 15.9 Å². The number of amides is 1. The standard InChI is InChI=1S/C17H18BrNO2/c1-12(14-5-7-15(18)8-6-14)9-17(21)19-16-4-2-3-13(10-16)11-20/h2-8,10,12,20H,9,11H2,1H3,(H,19,21). The number of carbonyl (C=O) groups excluding carboxylic acids is 1. The van der Waals surface area contributed by atoms with Crippen LogP contribution in [-0.2, 0) is 11.4 Å². The van der Waals surface area contributed by atoms with Gasteiger partial charge in [-0.05, 0) is 41.3 Å². The van der Waals surface area contributed by atoms with E-state index in [1.165, 1.54) is 0 Å². The van der Waals surface area contributed by atoms with Gasteiger partial charge in [-0.1, -0.05) is 47.1 Å². The Morgan fingerprint density at radius 3 is 2.62 bits per heavy atom. The summed E-state index contributed by atoms with van der Waals surface area (Å²) in [6, 6.07) is 15.2. The minimum atomic E-state index is -0.0288. The summed E-state index contributed by atoms with van der Waals surface area (Å²) in [5.74, 6) is 0.125. The number of benzene rings is 2. The first-order chi connectivity index (χ1) is 10.1. The summed E-state index contributed by atoms with van der Waals surface area (Å²) in [7, 11) is 0. The maximum atomic E-state index is 12.1. The van der Waals surface area contributed by atoms with Gasteiger partial charge < -0.3 is 10.4 Å². The maximum Gasteiger partial charge on any atom is 0.224 e. The second kappa shape index (κ2) is 7.38. The lowest BCUT2D eigenvalue weighted by atomic mass is 9.97. The molecule has 0 radical (unpaired) electrons. The van der Waals surface area contributed by atoms with E-state index < -0.39 is 0 Å². The van der Waals surface area contributed by atoms with E-state index in [4.69, 9.17) is 5.11 Å². The molecule has 0 aliphatic rings. The summed E-state index contributed by atoms with van der Waals surface area (Å²) < 4.78 is 1.03. The van der Waals surface area contributed by atoms with Gasteiger partial charge in [0.05, 0.1) is 6.61 Å². The number of anilines is 1. The topological polar surface area (TPSA) is 49.3 Å². The zero-order valence-corrected chi connectivity index (χ0v) is 13.4. The van der Waals surface area contributed by atoms with Gasteiger partial charge in [-0.15, -0.1) is 0 Å². The fraction of sp³-hybridized carbons (Fsp3) is 0.235. The quantitative estimate of drug-likeness (QED) is 0.856. The van der Waals surface area contributed by atoms with Crippen molar-refractivity contribution in [1.82, 2.24) is 0 Å². The van der Waals surface area contributed by atoms with Crippen molar-refractivity contribution >= 4 is 27.5 Å². The zero-order valence-electron chi connectivity index (χ0n) is 11.8. The molecule has 0 aliphatic heterocycles. The van der Waals surface area contributed by atoms with Crippen LogP contribution in [-0.4, -0.2) is 11.0 Å². The van der Waals surface area contributed by atoms with Gasteiger partial charge in [-0.2, -0.15) is 0 Å². The fourth-order valence-electron chi connectivity index (χ4n) is 2.15. The third kappa shape index (κ3) is 4.69. The summed E-state index contributed by atoms with van der Waals surface area (Å²) in [5.41, 5.74) is 2.64. The molecule has 2 rings (SSSR count). The van der Waals surface area contributed by atoms with E-state index in [1.807, 2.05) is 49.4 Å². The Balaban J connectivity index is 1.96. The molecule has 2 aromatic rings. The molecule has 0 heterocycles. The molecule has 21 heavy (non-hydrogen) atoms. The average molecular weight is 348 g/mol. The Hall–Kier alpha value is -1.65. The SMILES string of the molecule is CC(CC(=O)Nc1cccc(CO)c1)c1ccc(Br)cc1. The summed E-state index contributed by atoms with van der Waals surface area (Å²) in [6.45, 7) is 2.01. The van der Waals surface area contributed by atoms with Crippen molar-refractivity contribution < 1.29 is 9.90 Å². The Bertz CT molecular complexity index is 610. The molecule has 1 amide bonds. The minimum Gasteiger partial charge on any atom is -0.392 e. The molecule has 1 atom stereocenters. The molecular weight excluding hydrogens is 330 g/mol. The molecule has 0 aliphatic carbocycles. The first kappa shape index (κ1) is 15.7. The highest BCUT2D eigenvalue weighted by molar-refractivity contribution is 9.10. The number of rotatable bonds is 5. The van der Waals surface area contributed by atoms with Gasteiger partial charge in [-0.3, -0.25) is 4.79 Å². The van der Waals surface area contributed by atoms with E-state index in [-0.39, 0.29) is 18.4 Å². The molecule has 1 unspecified atom stereocenters. The van der Waals surface area contributed by atoms with Crippen LogP contribution in [0.4, 0.5) is 5.69 Å². The van der Waals surface area contributed by atoms with E-state index in [0.29, 0.717) is 6.42 Å². The molecule has 3 nitrogen and oxygen atoms in total. The lowest BCUT2D eigenvalue weighted by Gasteiger charge is -2.12. The molecule has 110 valence electrons. The fourth-order valence-corrected chi connectivity index (χ4v) is 2.41. The Labute approximate surface area is 133 Å². The molecule has 2 N–H and O–H groups in total. The van der Waals surface area contributed by atoms with Gasteiger partial charge in [0, 0.05) is 16.6 Å². The predicted molar refractivity (Wildman–Crippen MR) is 88.2 cm³/mol. The number of hydrogen-bond acceptors (Lipinski definition) is 2. The van der Waals surface area contributed by atoms with Crippen molar-refractivity contribution in [2.24, 2.45) is 0 Å². The van der Waals surface area contributed by atoms with Crippen LogP contribution in [0, 0.1) is 0 Å². The third-order valence-electron chi connectivity index (χ3n) is 3.32. The first-order valence-corrected chi connectivity index (χ1v) is 7.63. The number of carbonyl (C=O) groups is 1. The molecule has 0 saturated carbocycles. The first-order valence-electron chi connectivity index (χ1n) is 6.83. The van der Waals surface area contributed by atoms with Gasteiger partial charge in [0.2, 0.25) is 5.91 Å². The zero-order chi connectivity index (χ0) is 15.2. The second-order valence-corrected chi connectivity index (χ2v) is 5.98. The summed E-state index contributed by atoms with van der Waals surface area (Å²) >= 11 is 3.40. The van der Waals surface area contributed by atoms with Gasteiger partial charge in [0.15, 0.2) is 0 Å². The molecular formula is C17H18BrNO2. The highest BCUT2D eigenvalue weighted by Crippen LogP contribution is 2.22. The Morgan fingerprint density at radius 2 is 1.95 bits per heavy atom. The van der Waals surface area contributed by atoms with Crippen LogP contribution in [0.5, 0.6) is 0 Å². The number of hydrogen-bond donors (Lipinski definition) is 2. The normalized spacial score (nSPS) is 12.0. The van der Waals surface area contributed by atoms with E-state index >= 15 is 0 Å². The number of halogens is 1. The van der Waals surface area contributed by atoms with E-state index in [9.17, 15) is 4.79 Å². The molecule has 4 heteroatoms. The summed E-state index contributed by atoms with van der Waals surface area (Å²) in [5, 5.41) is 12.0. The van der Waals surface area contributed by atoms with Crippen molar-refractivity contribution in [1.29, 1.82) is 0 Å². The van der Waals surface area contributed by atoms with Gasteiger partial charge in [0.25, 0.3) is 0 Å². The largest absolute Gasteiger partial charge is 0.392 e. The van der Waals surface area contributed by atoms with Crippen LogP contribution in [0.1, 0.15) is 30.4 Å². The minimum absolute atomic E-state index is 0.0273. The molecule has 0 saturated heterocycles. The highest BCUT2D eigenvalue weighted by Gasteiger charge is 2.11. The van der Waals surface area contributed by atoms with Crippen molar-refractivity contribution in [3.05, 3.63) is 64.1 Å². The Kier molecular flexibility index (Phi) is 5.53. The van der Waals surface area contributed by atoms with Crippen LogP contribution in [0.2, 0.25) is 0 Å². The van der Waals surface area contributed by atoms with Gasteiger partial charge >= 0.3 is 0 Å². The number of nitrogens with one attached hydrogen (secondary N) is 1. The Morgan fingerprint density at radius 1 is 1.24 bits per heavy atom. The summed E-state index contributed by atoms with van der Waals surface area (Å²) in [6.07, 6.45) is 0.422. The predicted octanol–water partition coefficient (Wildman–Crippen LogP) is 4.07. The third-order valence-corrected chi connectivity index (χ3v) is 3.85. The molecule has 0 aromatic heterocycles. The van der Waals surface area contributed by atoms with E-state index in [0.717, 1.165) is 21.3 Å². The van der Waals surface area contributed by atoms with E-state index in [2.05, 4.69) is 21.2 Å². The molecule has 0 fully saturated rings. The average Bonchev–Trinajstić information content (AvgIpc) is 2.47. The van der Waals surface area contributed by atoms with Crippen molar-refractivity contribution in [3.63, 3.8) is 0 Å². The van der Waals surface area contributed by atoms with Gasteiger partial charge in [0.1, 0.15) is 0 Å².